The van der Waals surface area contributed by atoms with E-state index < -0.39 is 0 Å². The van der Waals surface area contributed by atoms with Gasteiger partial charge in [-0.3, -0.25) is 0 Å². The molecule has 0 atom stereocenters. The fourth-order valence-corrected chi connectivity index (χ4v) is 2.31. The summed E-state index contributed by atoms with van der Waals surface area (Å²) in [6.45, 7) is 11.4. The molecule has 0 aliphatic heterocycles. The van der Waals surface area contributed by atoms with Crippen molar-refractivity contribution in [2.24, 2.45) is 11.8 Å². The molecule has 1 aromatic carbocycles. The minimum absolute atomic E-state index is 0.594. The smallest absolute Gasteiger partial charge is 0.0372 e. The molecule has 17 heavy (non-hydrogen) atoms. The fraction of sp³-hybridized carbons (Fsp3) is 0.625. The lowest BCUT2D eigenvalue weighted by molar-refractivity contribution is 0.442. The highest BCUT2D eigenvalue weighted by molar-refractivity contribution is 5.50. The molecule has 0 fully saturated rings. The molecule has 96 valence electrons. The summed E-state index contributed by atoms with van der Waals surface area (Å²) in [6, 6.07) is 9.15. The van der Waals surface area contributed by atoms with Gasteiger partial charge in [0.05, 0.1) is 0 Å². The van der Waals surface area contributed by atoms with Gasteiger partial charge >= 0.3 is 0 Å². The van der Waals surface area contributed by atoms with Crippen LogP contribution < -0.4 is 5.32 Å². The van der Waals surface area contributed by atoms with Crippen LogP contribution in [0.3, 0.4) is 0 Å². The van der Waals surface area contributed by atoms with Crippen molar-refractivity contribution >= 4 is 5.69 Å². The monoisotopic (exact) mass is 233 g/mol. The van der Waals surface area contributed by atoms with Gasteiger partial charge in [0.2, 0.25) is 0 Å². The predicted molar refractivity (Wildman–Crippen MR) is 77.5 cm³/mol. The zero-order valence-corrected chi connectivity index (χ0v) is 12.0. The van der Waals surface area contributed by atoms with Crippen LogP contribution in [0.1, 0.15) is 46.1 Å². The quantitative estimate of drug-likeness (QED) is 0.739. The summed E-state index contributed by atoms with van der Waals surface area (Å²) >= 11 is 0. The Hall–Kier alpha value is -0.980. The van der Waals surface area contributed by atoms with E-state index in [1.165, 1.54) is 24.1 Å². The normalized spacial score (nSPS) is 11.5. The molecular weight excluding hydrogens is 206 g/mol. The van der Waals surface area contributed by atoms with Crippen LogP contribution in [-0.4, -0.2) is 6.04 Å². The third kappa shape index (κ3) is 5.25. The van der Waals surface area contributed by atoms with E-state index >= 15 is 0 Å². The largest absolute Gasteiger partial charge is 0.382 e. The molecule has 0 bridgehead atoms. The van der Waals surface area contributed by atoms with Gasteiger partial charge in [0.25, 0.3) is 0 Å². The average molecular weight is 233 g/mol. The Morgan fingerprint density at radius 3 is 1.94 bits per heavy atom. The molecule has 0 aromatic heterocycles. The number of rotatable bonds is 6. The van der Waals surface area contributed by atoms with Gasteiger partial charge in [-0.25, -0.2) is 0 Å². The summed E-state index contributed by atoms with van der Waals surface area (Å²) in [4.78, 5) is 0. The molecular formula is C16H27N. The van der Waals surface area contributed by atoms with Gasteiger partial charge in [-0.1, -0.05) is 45.9 Å². The molecule has 0 aliphatic carbocycles. The number of para-hydroxylation sites is 1. The Morgan fingerprint density at radius 2 is 1.47 bits per heavy atom. The number of benzene rings is 1. The van der Waals surface area contributed by atoms with Crippen LogP contribution in [0.15, 0.2) is 24.3 Å². The molecule has 0 aliphatic rings. The Balaban J connectivity index is 2.68. The van der Waals surface area contributed by atoms with E-state index in [0.717, 1.165) is 11.8 Å². The minimum atomic E-state index is 0.594. The number of nitrogens with one attached hydrogen (secondary N) is 1. The lowest BCUT2D eigenvalue weighted by Crippen LogP contribution is -2.24. The van der Waals surface area contributed by atoms with Crippen LogP contribution in [-0.2, 0) is 0 Å². The van der Waals surface area contributed by atoms with Crippen molar-refractivity contribution in [1.82, 2.24) is 0 Å². The molecule has 1 aromatic rings. The van der Waals surface area contributed by atoms with Gasteiger partial charge in [0, 0.05) is 11.7 Å². The number of hydrogen-bond acceptors (Lipinski definition) is 1. The van der Waals surface area contributed by atoms with Crippen LogP contribution in [0.25, 0.3) is 0 Å². The van der Waals surface area contributed by atoms with Crippen LogP contribution in [0.5, 0.6) is 0 Å². The summed E-state index contributed by atoms with van der Waals surface area (Å²) in [5.41, 5.74) is 2.63. The lowest BCUT2D eigenvalue weighted by atomic mass is 9.95. The van der Waals surface area contributed by atoms with Crippen LogP contribution in [0.2, 0.25) is 0 Å². The van der Waals surface area contributed by atoms with Crippen molar-refractivity contribution < 1.29 is 0 Å². The van der Waals surface area contributed by atoms with Crippen molar-refractivity contribution in [2.75, 3.05) is 5.32 Å². The summed E-state index contributed by atoms with van der Waals surface area (Å²) in [5.74, 6) is 1.49. The molecule has 1 rings (SSSR count). The average Bonchev–Trinajstić information content (AvgIpc) is 2.19. The first-order valence-electron chi connectivity index (χ1n) is 6.81. The molecule has 0 amide bonds. The van der Waals surface area contributed by atoms with Crippen molar-refractivity contribution in [3.05, 3.63) is 29.8 Å². The van der Waals surface area contributed by atoms with Gasteiger partial charge in [0.1, 0.15) is 0 Å². The van der Waals surface area contributed by atoms with Gasteiger partial charge in [-0.05, 0) is 43.2 Å². The van der Waals surface area contributed by atoms with E-state index in [9.17, 15) is 0 Å². The Labute approximate surface area is 107 Å². The Kier molecular flexibility index (Phi) is 5.54. The Bertz CT molecular complexity index is 318. The van der Waals surface area contributed by atoms with Gasteiger partial charge in [-0.15, -0.1) is 0 Å². The van der Waals surface area contributed by atoms with Crippen LogP contribution >= 0.6 is 0 Å². The predicted octanol–water partition coefficient (Wildman–Crippen LogP) is 4.87. The second kappa shape index (κ2) is 6.68. The number of aryl methyl sites for hydroxylation is 1. The number of hydrogen-bond donors (Lipinski definition) is 1. The van der Waals surface area contributed by atoms with Crippen LogP contribution in [0.4, 0.5) is 5.69 Å². The lowest BCUT2D eigenvalue weighted by Gasteiger charge is -2.24. The third-order valence-electron chi connectivity index (χ3n) is 3.02. The highest BCUT2D eigenvalue weighted by atomic mass is 14.9. The first-order chi connectivity index (χ1) is 7.99. The maximum Gasteiger partial charge on any atom is 0.0372 e. The highest BCUT2D eigenvalue weighted by Gasteiger charge is 2.13. The molecule has 0 radical (unpaired) electrons. The second-order valence-corrected chi connectivity index (χ2v) is 5.92. The zero-order valence-electron chi connectivity index (χ0n) is 12.0. The molecule has 1 heteroatoms. The van der Waals surface area contributed by atoms with Crippen molar-refractivity contribution in [3.63, 3.8) is 0 Å². The topological polar surface area (TPSA) is 12.0 Å². The zero-order chi connectivity index (χ0) is 12.8. The first-order valence-corrected chi connectivity index (χ1v) is 6.81. The highest BCUT2D eigenvalue weighted by Crippen LogP contribution is 2.21. The molecule has 0 spiro atoms. The standard InChI is InChI=1S/C16H27N/c1-12(2)10-15(11-13(3)4)17-16-9-7-6-8-14(16)5/h6-9,12-13,15,17H,10-11H2,1-5H3. The fourth-order valence-electron chi connectivity index (χ4n) is 2.31. The third-order valence-corrected chi connectivity index (χ3v) is 3.02. The summed E-state index contributed by atoms with van der Waals surface area (Å²) in [5, 5.41) is 3.71. The Morgan fingerprint density at radius 1 is 0.941 bits per heavy atom. The second-order valence-electron chi connectivity index (χ2n) is 5.92. The van der Waals surface area contributed by atoms with E-state index in [0.29, 0.717) is 6.04 Å². The summed E-state index contributed by atoms with van der Waals surface area (Å²) < 4.78 is 0. The van der Waals surface area contributed by atoms with E-state index in [-0.39, 0.29) is 0 Å². The van der Waals surface area contributed by atoms with Crippen molar-refractivity contribution in [1.29, 1.82) is 0 Å². The SMILES string of the molecule is Cc1ccccc1NC(CC(C)C)CC(C)C. The van der Waals surface area contributed by atoms with E-state index in [1.54, 1.807) is 0 Å². The van der Waals surface area contributed by atoms with Gasteiger partial charge in [0.15, 0.2) is 0 Å². The molecule has 0 heterocycles. The molecule has 0 unspecified atom stereocenters. The van der Waals surface area contributed by atoms with E-state index in [2.05, 4.69) is 64.2 Å². The molecule has 0 saturated heterocycles. The molecule has 0 saturated carbocycles. The first kappa shape index (κ1) is 14.1. The van der Waals surface area contributed by atoms with Gasteiger partial charge < -0.3 is 5.32 Å². The summed E-state index contributed by atoms with van der Waals surface area (Å²) in [6.07, 6.45) is 2.49. The van der Waals surface area contributed by atoms with Crippen molar-refractivity contribution in [2.45, 2.75) is 53.5 Å². The summed E-state index contributed by atoms with van der Waals surface area (Å²) in [7, 11) is 0. The molecule has 1 N–H and O–H groups in total. The minimum Gasteiger partial charge on any atom is -0.382 e. The van der Waals surface area contributed by atoms with E-state index in [1.807, 2.05) is 0 Å². The maximum atomic E-state index is 3.71. The molecule has 1 nitrogen and oxygen atoms in total. The van der Waals surface area contributed by atoms with E-state index in [4.69, 9.17) is 0 Å². The van der Waals surface area contributed by atoms with Crippen LogP contribution in [0, 0.1) is 18.8 Å². The maximum absolute atomic E-state index is 3.71. The van der Waals surface area contributed by atoms with Crippen molar-refractivity contribution in [3.8, 4) is 0 Å². The number of anilines is 1. The van der Waals surface area contributed by atoms with Gasteiger partial charge in [-0.2, -0.15) is 0 Å².